The number of aliphatic hydroxyl groups excluding tert-OH is 1. The molecule has 6 atom stereocenters. The van der Waals surface area contributed by atoms with Gasteiger partial charge in [0.15, 0.2) is 11.0 Å². The van der Waals surface area contributed by atoms with Crippen LogP contribution in [0.15, 0.2) is 197 Å². The van der Waals surface area contributed by atoms with Crippen LogP contribution >= 0.6 is 34.4 Å². The number of thiazole rings is 2. The smallest absolute Gasteiger partial charge is 0.407 e. The van der Waals surface area contributed by atoms with Crippen molar-refractivity contribution in [1.82, 2.24) is 35.7 Å². The molecule has 0 aliphatic carbocycles. The van der Waals surface area contributed by atoms with Gasteiger partial charge < -0.3 is 50.8 Å². The van der Waals surface area contributed by atoms with Gasteiger partial charge in [-0.25, -0.2) is 14.6 Å². The molecule has 20 heteroatoms. The lowest BCUT2D eigenvalue weighted by Gasteiger charge is -2.36. The number of hydrogen-bond acceptors (Lipinski definition) is 14. The summed E-state index contributed by atoms with van der Waals surface area (Å²) in [5.41, 5.74) is 14.0. The summed E-state index contributed by atoms with van der Waals surface area (Å²) in [5, 5.41) is 23.2. The predicted molar refractivity (Wildman–Crippen MR) is 361 cm³/mol. The van der Waals surface area contributed by atoms with E-state index in [1.165, 1.54) is 37.4 Å². The molecule has 0 radical (unpaired) electrons. The van der Waals surface area contributed by atoms with Crippen molar-refractivity contribution in [3.8, 4) is 0 Å². The molecule has 2 aromatic heterocycles. The number of aliphatic hydroxyl groups is 1. The molecule has 3 heterocycles. The summed E-state index contributed by atoms with van der Waals surface area (Å²) >= 11 is 3.45. The van der Waals surface area contributed by atoms with Gasteiger partial charge in [0.05, 0.1) is 51.2 Å². The van der Waals surface area contributed by atoms with Crippen molar-refractivity contribution in [2.24, 2.45) is 11.7 Å². The molecule has 5 amide bonds. The summed E-state index contributed by atoms with van der Waals surface area (Å²) < 4.78 is 17.8. The number of aromatic nitrogens is 2. The number of nitrogens with two attached hydrogens (primary N) is 1. The van der Waals surface area contributed by atoms with Crippen LogP contribution in [0.25, 0.3) is 0 Å². The minimum atomic E-state index is -1.36. The van der Waals surface area contributed by atoms with Crippen molar-refractivity contribution in [2.75, 3.05) is 38.3 Å². The van der Waals surface area contributed by atoms with Crippen LogP contribution < -0.4 is 26.6 Å². The van der Waals surface area contributed by atoms with Gasteiger partial charge in [0.2, 0.25) is 5.91 Å². The number of fused-ring (bicyclic) bond motifs is 2. The fourth-order valence-electron chi connectivity index (χ4n) is 9.77. The number of primary amides is 1. The molecule has 0 saturated carbocycles. The third-order valence-electron chi connectivity index (χ3n) is 14.7. The van der Waals surface area contributed by atoms with Gasteiger partial charge in [0, 0.05) is 64.1 Å². The second-order valence-electron chi connectivity index (χ2n) is 22.7. The number of likely N-dealkylation sites (N-methyl/N-ethyl adjacent to an activating group) is 1. The van der Waals surface area contributed by atoms with Gasteiger partial charge >= 0.3 is 12.1 Å². The fourth-order valence-corrected chi connectivity index (χ4v) is 13.6. The van der Waals surface area contributed by atoms with Crippen LogP contribution in [-0.4, -0.2) is 117 Å². The minimum absolute atomic E-state index is 0.0671. The SMILES string of the molecule is CC(C)c1nc(CN(C)C(=O)N[C@H](C(=O)N[C@@H](Cc2ccccc2)C[C@H](O)[C@H](Cc2ccccc2)NC(=O)OCc2cncs2)C(C)C)cs1.CC(CN1c2ccccc2Sc2ccccc21)N(C)C.NC(=O)C[S+]([O-])C(c1ccccc1)c1ccccc1. The number of alkyl carbamates (subject to hydrolysis) is 1. The summed E-state index contributed by atoms with van der Waals surface area (Å²) in [6.07, 6.45) is 0.836. The van der Waals surface area contributed by atoms with E-state index < -0.39 is 47.4 Å². The normalized spacial score (nSPS) is 13.7. The van der Waals surface area contributed by atoms with Crippen molar-refractivity contribution < 1.29 is 33.6 Å². The standard InChI is InChI=1S/C37H48N6O5S2.C17H20N2S.C15H15NO2S/c1-24(2)33(42-36(46)43(5)20-29-22-49-35(40-29)25(3)4)34(45)39-28(16-26-12-8-6-9-13-26)18-32(44)31(17-27-14-10-7-11-15-27)41-37(47)48-21-30-19-38-23-50-30;1-13(18(2)3)12-19-14-8-4-6-10-16(14)20-17-11-7-5-9-15(17)19;16-14(17)11-19(18)15(12-7-3-1-4-8-12)13-9-5-2-6-10-13/h6-15,19,22-25,28,31-33,44H,16-18,20-21H2,1-5H3,(H,39,45)(H,41,47)(H,42,46);4-11,13H,12H2,1-3H3;1-10,15H,11H2,(H2,16,17)/t28-,31-,32-,33-;;/m0../s1. The first-order chi connectivity index (χ1) is 42.8. The highest BCUT2D eigenvalue weighted by atomic mass is 32.2. The summed E-state index contributed by atoms with van der Waals surface area (Å²) in [7, 11) is 5.96. The third-order valence-corrected chi connectivity index (χ3v) is 19.5. The first-order valence-electron chi connectivity index (χ1n) is 29.7. The second kappa shape index (κ2) is 35.0. The summed E-state index contributed by atoms with van der Waals surface area (Å²) in [6.45, 7) is 11.6. The van der Waals surface area contributed by atoms with E-state index in [9.17, 15) is 28.8 Å². The number of ether oxygens (including phenoxy) is 1. The zero-order chi connectivity index (χ0) is 63.8. The largest absolute Gasteiger partial charge is 0.615 e. The van der Waals surface area contributed by atoms with Gasteiger partial charge in [-0.3, -0.25) is 14.6 Å². The van der Waals surface area contributed by atoms with Crippen LogP contribution in [0.4, 0.5) is 21.0 Å². The molecule has 2 unspecified atom stereocenters. The lowest BCUT2D eigenvalue weighted by atomic mass is 9.93. The molecule has 6 N–H and O–H groups in total. The Kier molecular flexibility index (Phi) is 27.1. The van der Waals surface area contributed by atoms with Crippen LogP contribution in [0.5, 0.6) is 0 Å². The Hall–Kier alpha value is -7.56. The quantitative estimate of drug-likeness (QED) is 0.0338. The van der Waals surface area contributed by atoms with Crippen LogP contribution in [0.3, 0.4) is 0 Å². The molecule has 0 spiro atoms. The van der Waals surface area contributed by atoms with Crippen molar-refractivity contribution >= 4 is 80.9 Å². The number of nitrogens with one attached hydrogen (secondary N) is 3. The minimum Gasteiger partial charge on any atom is -0.615 e. The summed E-state index contributed by atoms with van der Waals surface area (Å²) in [4.78, 5) is 69.4. The van der Waals surface area contributed by atoms with Gasteiger partial charge in [-0.2, -0.15) is 0 Å². The highest BCUT2D eigenvalue weighted by Gasteiger charge is 2.32. The van der Waals surface area contributed by atoms with E-state index in [1.54, 1.807) is 30.1 Å². The Morgan fingerprint density at radius 1 is 0.708 bits per heavy atom. The number of nitrogens with zero attached hydrogens (tertiary/aromatic N) is 5. The van der Waals surface area contributed by atoms with Crippen molar-refractivity contribution in [1.29, 1.82) is 0 Å². The number of benzene rings is 6. The van der Waals surface area contributed by atoms with E-state index in [-0.39, 0.29) is 41.9 Å². The number of amides is 5. The molecule has 16 nitrogen and oxygen atoms in total. The zero-order valence-corrected chi connectivity index (χ0v) is 55.1. The average Bonchev–Trinajstić information content (AvgIpc) is 3.72. The Bertz CT molecular complexity index is 3340. The van der Waals surface area contributed by atoms with Crippen molar-refractivity contribution in [3.05, 3.63) is 225 Å². The molecule has 470 valence electrons. The Balaban J connectivity index is 0.000000233. The summed E-state index contributed by atoms with van der Waals surface area (Å²) in [5.74, 6) is -0.953. The van der Waals surface area contributed by atoms with Gasteiger partial charge in [0.1, 0.15) is 12.6 Å². The van der Waals surface area contributed by atoms with E-state index in [2.05, 4.69) is 119 Å². The molecule has 8 aromatic rings. The number of rotatable bonds is 25. The molecule has 9 rings (SSSR count). The number of carbonyl (C=O) groups is 4. The number of carbonyl (C=O) groups excluding carboxylic acids is 4. The van der Waals surface area contributed by atoms with Crippen molar-refractivity contribution in [2.45, 2.75) is 118 Å². The second-order valence-corrected chi connectivity index (χ2v) is 27.2. The summed E-state index contributed by atoms with van der Waals surface area (Å²) in [6, 6.07) is 53.7. The molecule has 0 saturated heterocycles. The molecule has 6 aromatic carbocycles. The lowest BCUT2D eigenvalue weighted by molar-refractivity contribution is -0.125. The van der Waals surface area contributed by atoms with E-state index in [0.717, 1.165) is 44.4 Å². The van der Waals surface area contributed by atoms with Gasteiger partial charge in [0.25, 0.3) is 5.91 Å². The Morgan fingerprint density at radius 2 is 1.25 bits per heavy atom. The van der Waals surface area contributed by atoms with Crippen molar-refractivity contribution in [3.63, 3.8) is 0 Å². The van der Waals surface area contributed by atoms with Crippen LogP contribution in [0, 0.1) is 5.92 Å². The Labute approximate surface area is 539 Å². The maximum atomic E-state index is 13.9. The average molecular weight is 1280 g/mol. The monoisotopic (exact) mass is 1280 g/mol. The van der Waals surface area contributed by atoms with E-state index in [1.807, 2.05) is 152 Å². The fraction of sp³-hybridized carbons (Fsp3) is 0.333. The zero-order valence-electron chi connectivity index (χ0n) is 51.8. The highest BCUT2D eigenvalue weighted by molar-refractivity contribution is 7.99. The van der Waals surface area contributed by atoms with Gasteiger partial charge in [-0.15, -0.1) is 22.7 Å². The highest BCUT2D eigenvalue weighted by Crippen LogP contribution is 2.48. The van der Waals surface area contributed by atoms with Gasteiger partial charge in [-0.1, -0.05) is 185 Å². The number of anilines is 2. The maximum Gasteiger partial charge on any atom is 0.407 e. The van der Waals surface area contributed by atoms with E-state index in [4.69, 9.17) is 10.5 Å². The predicted octanol–water partition coefficient (Wildman–Crippen LogP) is 12.2. The van der Waals surface area contributed by atoms with Crippen LogP contribution in [0.2, 0.25) is 0 Å². The van der Waals surface area contributed by atoms with Crippen LogP contribution in [-0.2, 0) is 51.5 Å². The first kappa shape index (κ1) is 68.9. The topological polar surface area (TPSA) is 218 Å². The first-order valence-corrected chi connectivity index (χ1v) is 33.7. The molecule has 1 aliphatic rings. The van der Waals surface area contributed by atoms with Crippen LogP contribution in [0.1, 0.15) is 90.0 Å². The number of para-hydroxylation sites is 2. The Morgan fingerprint density at radius 3 is 1.75 bits per heavy atom. The van der Waals surface area contributed by atoms with E-state index >= 15 is 0 Å². The third kappa shape index (κ3) is 21.6. The van der Waals surface area contributed by atoms with Gasteiger partial charge in [-0.05, 0) is 92.8 Å². The maximum absolute atomic E-state index is 13.9. The molecular formula is C69H83N9O7S4. The lowest BCUT2D eigenvalue weighted by Crippen LogP contribution is -2.55. The number of urea groups is 1. The molecule has 0 fully saturated rings. The molecule has 1 aliphatic heterocycles. The molecular weight excluding hydrogens is 1200 g/mol. The van der Waals surface area contributed by atoms with E-state index in [0.29, 0.717) is 31.3 Å². The molecule has 0 bridgehead atoms. The molecule has 89 heavy (non-hydrogen) atoms. The number of hydrogen-bond donors (Lipinski definition) is 5.